The summed E-state index contributed by atoms with van der Waals surface area (Å²) in [6.45, 7) is 9.63. The topological polar surface area (TPSA) is 12.0 Å². The highest BCUT2D eigenvalue weighted by Crippen LogP contribution is 2.04. The van der Waals surface area contributed by atoms with E-state index in [9.17, 15) is 0 Å². The first-order valence-electron chi connectivity index (χ1n) is 4.79. The standard InChI is InChI=1S/C11H21N/c1-5-6-7-11(4)8-9-12-10(2)3/h10-12H,7-9H2,1-4H3. The Hall–Kier alpha value is -0.480. The van der Waals surface area contributed by atoms with E-state index in [1.807, 2.05) is 6.92 Å². The normalized spacial score (nSPS) is 12.4. The maximum atomic E-state index is 3.40. The molecule has 0 aliphatic heterocycles. The Kier molecular flexibility index (Phi) is 6.90. The third-order valence-corrected chi connectivity index (χ3v) is 1.82. The molecule has 0 spiro atoms. The van der Waals surface area contributed by atoms with Gasteiger partial charge in [0.05, 0.1) is 0 Å². The fraction of sp³-hybridized carbons (Fsp3) is 0.818. The van der Waals surface area contributed by atoms with Crippen LogP contribution in [0.5, 0.6) is 0 Å². The van der Waals surface area contributed by atoms with Gasteiger partial charge in [-0.2, -0.15) is 0 Å². The largest absolute Gasteiger partial charge is 0.315 e. The summed E-state index contributed by atoms with van der Waals surface area (Å²) in [5.74, 6) is 6.76. The Morgan fingerprint density at radius 3 is 2.42 bits per heavy atom. The molecule has 0 heterocycles. The minimum absolute atomic E-state index is 0.606. The third kappa shape index (κ3) is 7.63. The van der Waals surface area contributed by atoms with Crippen LogP contribution >= 0.6 is 0 Å². The molecule has 0 aromatic rings. The molecule has 1 N–H and O–H groups in total. The molecule has 0 saturated heterocycles. The Labute approximate surface area is 76.9 Å². The van der Waals surface area contributed by atoms with E-state index in [2.05, 4.69) is 37.9 Å². The van der Waals surface area contributed by atoms with Gasteiger partial charge in [-0.25, -0.2) is 0 Å². The molecule has 1 heteroatoms. The van der Waals surface area contributed by atoms with Crippen LogP contribution in [0.25, 0.3) is 0 Å². The van der Waals surface area contributed by atoms with Gasteiger partial charge in [0, 0.05) is 12.5 Å². The summed E-state index contributed by atoms with van der Waals surface area (Å²) in [5, 5.41) is 3.40. The molecule has 0 aliphatic carbocycles. The highest BCUT2D eigenvalue weighted by Gasteiger charge is 1.99. The molecule has 0 saturated carbocycles. The second kappa shape index (κ2) is 7.18. The molecule has 1 atom stereocenters. The van der Waals surface area contributed by atoms with Crippen LogP contribution in [0.1, 0.15) is 40.5 Å². The summed E-state index contributed by atoms with van der Waals surface area (Å²) in [6, 6.07) is 0.606. The summed E-state index contributed by atoms with van der Waals surface area (Å²) in [5.41, 5.74) is 0. The summed E-state index contributed by atoms with van der Waals surface area (Å²) in [6.07, 6.45) is 2.27. The van der Waals surface area contributed by atoms with Crippen LogP contribution in [-0.4, -0.2) is 12.6 Å². The van der Waals surface area contributed by atoms with Crippen LogP contribution in [0.3, 0.4) is 0 Å². The Morgan fingerprint density at radius 1 is 1.25 bits per heavy atom. The first-order valence-corrected chi connectivity index (χ1v) is 4.79. The van der Waals surface area contributed by atoms with Crippen LogP contribution in [0.4, 0.5) is 0 Å². The molecule has 0 amide bonds. The van der Waals surface area contributed by atoms with Crippen molar-refractivity contribution in [3.05, 3.63) is 0 Å². The Morgan fingerprint density at radius 2 is 1.92 bits per heavy atom. The van der Waals surface area contributed by atoms with Crippen LogP contribution < -0.4 is 5.32 Å². The van der Waals surface area contributed by atoms with Gasteiger partial charge in [-0.05, 0) is 25.8 Å². The average Bonchev–Trinajstić information content (AvgIpc) is 2.00. The highest BCUT2D eigenvalue weighted by atomic mass is 14.9. The maximum Gasteiger partial charge on any atom is 0.0115 e. The quantitative estimate of drug-likeness (QED) is 0.620. The zero-order valence-corrected chi connectivity index (χ0v) is 8.78. The van der Waals surface area contributed by atoms with E-state index in [1.54, 1.807) is 0 Å². The van der Waals surface area contributed by atoms with Gasteiger partial charge in [-0.15, -0.1) is 11.8 Å². The van der Waals surface area contributed by atoms with E-state index in [-0.39, 0.29) is 0 Å². The van der Waals surface area contributed by atoms with Crippen molar-refractivity contribution in [1.29, 1.82) is 0 Å². The van der Waals surface area contributed by atoms with Gasteiger partial charge >= 0.3 is 0 Å². The molecule has 1 unspecified atom stereocenters. The summed E-state index contributed by atoms with van der Waals surface area (Å²) < 4.78 is 0. The lowest BCUT2D eigenvalue weighted by atomic mass is 10.0. The fourth-order valence-corrected chi connectivity index (χ4v) is 0.997. The van der Waals surface area contributed by atoms with E-state index in [0.29, 0.717) is 6.04 Å². The van der Waals surface area contributed by atoms with Crippen molar-refractivity contribution in [3.63, 3.8) is 0 Å². The van der Waals surface area contributed by atoms with E-state index in [4.69, 9.17) is 0 Å². The van der Waals surface area contributed by atoms with Crippen molar-refractivity contribution in [2.75, 3.05) is 6.54 Å². The molecule has 0 rings (SSSR count). The molecule has 0 bridgehead atoms. The Bertz CT molecular complexity index is 150. The summed E-state index contributed by atoms with van der Waals surface area (Å²) >= 11 is 0. The number of hydrogen-bond acceptors (Lipinski definition) is 1. The van der Waals surface area contributed by atoms with Crippen molar-refractivity contribution in [1.82, 2.24) is 5.32 Å². The molecule has 0 aliphatic rings. The zero-order valence-electron chi connectivity index (χ0n) is 8.78. The molecule has 0 aromatic carbocycles. The molecule has 70 valence electrons. The van der Waals surface area contributed by atoms with Gasteiger partial charge in [0.2, 0.25) is 0 Å². The van der Waals surface area contributed by atoms with Crippen molar-refractivity contribution >= 4 is 0 Å². The molecule has 0 fully saturated rings. The molecular formula is C11H21N. The van der Waals surface area contributed by atoms with Crippen molar-refractivity contribution < 1.29 is 0 Å². The van der Waals surface area contributed by atoms with Gasteiger partial charge in [0.1, 0.15) is 0 Å². The Balaban J connectivity index is 3.29. The highest BCUT2D eigenvalue weighted by molar-refractivity contribution is 4.95. The van der Waals surface area contributed by atoms with Gasteiger partial charge in [-0.3, -0.25) is 0 Å². The van der Waals surface area contributed by atoms with Crippen LogP contribution in [0, 0.1) is 17.8 Å². The first-order chi connectivity index (χ1) is 5.66. The smallest absolute Gasteiger partial charge is 0.0115 e. The number of nitrogens with one attached hydrogen (secondary N) is 1. The first kappa shape index (κ1) is 11.5. The van der Waals surface area contributed by atoms with Gasteiger partial charge in [0.15, 0.2) is 0 Å². The predicted molar refractivity (Wildman–Crippen MR) is 55.0 cm³/mol. The number of rotatable bonds is 5. The summed E-state index contributed by atoms with van der Waals surface area (Å²) in [4.78, 5) is 0. The second-order valence-electron chi connectivity index (χ2n) is 3.63. The maximum absolute atomic E-state index is 3.40. The average molecular weight is 167 g/mol. The monoisotopic (exact) mass is 167 g/mol. The van der Waals surface area contributed by atoms with Crippen LogP contribution in [-0.2, 0) is 0 Å². The van der Waals surface area contributed by atoms with Gasteiger partial charge < -0.3 is 5.32 Å². The SMILES string of the molecule is CC#CCC(C)CCNC(C)C. The van der Waals surface area contributed by atoms with Gasteiger partial charge in [-0.1, -0.05) is 20.8 Å². The van der Waals surface area contributed by atoms with Crippen LogP contribution in [0.15, 0.2) is 0 Å². The van der Waals surface area contributed by atoms with E-state index < -0.39 is 0 Å². The minimum atomic E-state index is 0.606. The van der Waals surface area contributed by atoms with E-state index >= 15 is 0 Å². The zero-order chi connectivity index (χ0) is 9.40. The van der Waals surface area contributed by atoms with E-state index in [1.165, 1.54) is 6.42 Å². The molecular weight excluding hydrogens is 146 g/mol. The minimum Gasteiger partial charge on any atom is -0.315 e. The van der Waals surface area contributed by atoms with E-state index in [0.717, 1.165) is 18.9 Å². The number of hydrogen-bond donors (Lipinski definition) is 1. The lowest BCUT2D eigenvalue weighted by molar-refractivity contribution is 0.485. The fourth-order valence-electron chi connectivity index (χ4n) is 0.997. The predicted octanol–water partition coefficient (Wildman–Crippen LogP) is 2.42. The van der Waals surface area contributed by atoms with Crippen LogP contribution in [0.2, 0.25) is 0 Å². The second-order valence-corrected chi connectivity index (χ2v) is 3.63. The molecule has 1 nitrogen and oxygen atoms in total. The molecule has 12 heavy (non-hydrogen) atoms. The third-order valence-electron chi connectivity index (χ3n) is 1.82. The van der Waals surface area contributed by atoms with Crippen molar-refractivity contribution in [2.24, 2.45) is 5.92 Å². The van der Waals surface area contributed by atoms with Crippen molar-refractivity contribution in [3.8, 4) is 11.8 Å². The van der Waals surface area contributed by atoms with Crippen molar-refractivity contribution in [2.45, 2.75) is 46.6 Å². The molecule has 0 radical (unpaired) electrons. The lowest BCUT2D eigenvalue weighted by Crippen LogP contribution is -2.24. The summed E-state index contributed by atoms with van der Waals surface area (Å²) in [7, 11) is 0. The van der Waals surface area contributed by atoms with Gasteiger partial charge in [0.25, 0.3) is 0 Å². The molecule has 0 aromatic heterocycles. The lowest BCUT2D eigenvalue weighted by Gasteiger charge is -2.10.